The van der Waals surface area contributed by atoms with Crippen LogP contribution in [-0.2, 0) is 17.8 Å². The van der Waals surface area contributed by atoms with E-state index >= 15 is 0 Å². The van der Waals surface area contributed by atoms with Gasteiger partial charge in [-0.05, 0) is 29.8 Å². The number of nitrogens with one attached hydrogen (secondary N) is 1. The highest BCUT2D eigenvalue weighted by Crippen LogP contribution is 2.22. The molecule has 0 unspecified atom stereocenters. The Morgan fingerprint density at radius 2 is 2.03 bits per heavy atom. The second-order valence-corrected chi connectivity index (χ2v) is 6.44. The molecule has 0 radical (unpaired) electrons. The molecule has 3 aromatic rings. The summed E-state index contributed by atoms with van der Waals surface area (Å²) in [5, 5.41) is 15.5. The molecule has 2 aromatic heterocycles. The van der Waals surface area contributed by atoms with Gasteiger partial charge in [0.15, 0.2) is 24.0 Å². The summed E-state index contributed by atoms with van der Waals surface area (Å²) in [6.45, 7) is -1.28. The average Bonchev–Trinajstić information content (AvgIpc) is 3.13. The standard InChI is InChI=1S/C20H15F4N5O2/c21-16-7-13(2-4-17(16)31-12-20(22,23)24)8-19(30)27-18-5-6-29(28-18)11-15-3-1-14(9-25)10-26-15/h1-7,10H,8,11-12H2,(H,27,28,30). The summed E-state index contributed by atoms with van der Waals surface area (Å²) in [6.07, 6.45) is -1.72. The first-order valence-corrected chi connectivity index (χ1v) is 8.88. The molecule has 0 fully saturated rings. The van der Waals surface area contributed by atoms with Crippen molar-refractivity contribution in [2.24, 2.45) is 0 Å². The quantitative estimate of drug-likeness (QED) is 0.576. The maximum absolute atomic E-state index is 13.9. The molecule has 1 amide bonds. The number of rotatable bonds is 7. The van der Waals surface area contributed by atoms with E-state index in [2.05, 4.69) is 20.1 Å². The maximum Gasteiger partial charge on any atom is 0.422 e. The van der Waals surface area contributed by atoms with E-state index in [1.54, 1.807) is 24.4 Å². The van der Waals surface area contributed by atoms with E-state index < -0.39 is 30.3 Å². The van der Waals surface area contributed by atoms with E-state index in [0.717, 1.165) is 12.1 Å². The molecule has 3 rings (SSSR count). The number of carbonyl (C=O) groups excluding carboxylic acids is 1. The Bertz CT molecular complexity index is 1100. The van der Waals surface area contributed by atoms with Gasteiger partial charge in [0, 0.05) is 18.5 Å². The molecule has 1 aromatic carbocycles. The van der Waals surface area contributed by atoms with E-state index in [1.165, 1.54) is 16.9 Å². The highest BCUT2D eigenvalue weighted by atomic mass is 19.4. The van der Waals surface area contributed by atoms with E-state index in [0.29, 0.717) is 17.8 Å². The number of alkyl halides is 3. The van der Waals surface area contributed by atoms with Gasteiger partial charge in [0.25, 0.3) is 0 Å². The van der Waals surface area contributed by atoms with Crippen molar-refractivity contribution in [1.82, 2.24) is 14.8 Å². The molecule has 160 valence electrons. The second kappa shape index (κ2) is 9.25. The Morgan fingerprint density at radius 1 is 1.23 bits per heavy atom. The van der Waals surface area contributed by atoms with Gasteiger partial charge in [-0.3, -0.25) is 14.5 Å². The van der Waals surface area contributed by atoms with Crippen LogP contribution in [0.25, 0.3) is 0 Å². The number of benzene rings is 1. The molecule has 2 heterocycles. The lowest BCUT2D eigenvalue weighted by molar-refractivity contribution is -0.153. The molecular weight excluding hydrogens is 418 g/mol. The van der Waals surface area contributed by atoms with E-state index in [-0.39, 0.29) is 17.8 Å². The van der Waals surface area contributed by atoms with Gasteiger partial charge in [-0.1, -0.05) is 6.07 Å². The van der Waals surface area contributed by atoms with Crippen LogP contribution in [0.1, 0.15) is 16.8 Å². The third-order valence-electron chi connectivity index (χ3n) is 3.94. The van der Waals surface area contributed by atoms with Crippen LogP contribution in [0.2, 0.25) is 0 Å². The number of hydrogen-bond acceptors (Lipinski definition) is 5. The normalized spacial score (nSPS) is 11.1. The van der Waals surface area contributed by atoms with E-state index in [1.807, 2.05) is 6.07 Å². The van der Waals surface area contributed by atoms with Gasteiger partial charge >= 0.3 is 6.18 Å². The van der Waals surface area contributed by atoms with Crippen LogP contribution in [0, 0.1) is 17.1 Å². The fourth-order valence-corrected chi connectivity index (χ4v) is 2.57. The zero-order chi connectivity index (χ0) is 22.4. The van der Waals surface area contributed by atoms with Crippen molar-refractivity contribution in [3.63, 3.8) is 0 Å². The van der Waals surface area contributed by atoms with Crippen molar-refractivity contribution in [2.45, 2.75) is 19.1 Å². The number of nitrogens with zero attached hydrogens (tertiary/aromatic N) is 4. The summed E-state index contributed by atoms with van der Waals surface area (Å²) in [6, 6.07) is 10.2. The third-order valence-corrected chi connectivity index (χ3v) is 3.94. The van der Waals surface area contributed by atoms with Crippen LogP contribution in [0.4, 0.5) is 23.4 Å². The smallest absolute Gasteiger partial charge is 0.422 e. The Morgan fingerprint density at radius 3 is 2.68 bits per heavy atom. The fraction of sp³-hybridized carbons (Fsp3) is 0.200. The van der Waals surface area contributed by atoms with Crippen molar-refractivity contribution in [3.8, 4) is 11.8 Å². The minimum absolute atomic E-state index is 0.208. The number of carbonyl (C=O) groups is 1. The molecule has 7 nitrogen and oxygen atoms in total. The maximum atomic E-state index is 13.9. The lowest BCUT2D eigenvalue weighted by Crippen LogP contribution is -2.19. The Hall–Kier alpha value is -3.94. The highest BCUT2D eigenvalue weighted by molar-refractivity contribution is 5.91. The number of aromatic nitrogens is 3. The summed E-state index contributed by atoms with van der Waals surface area (Å²) >= 11 is 0. The van der Waals surface area contributed by atoms with E-state index in [9.17, 15) is 22.4 Å². The van der Waals surface area contributed by atoms with Crippen LogP contribution in [0.5, 0.6) is 5.75 Å². The molecule has 0 aliphatic heterocycles. The number of anilines is 1. The lowest BCUT2D eigenvalue weighted by Gasteiger charge is -2.10. The topological polar surface area (TPSA) is 92.8 Å². The lowest BCUT2D eigenvalue weighted by atomic mass is 10.1. The Kier molecular flexibility index (Phi) is 6.49. The summed E-state index contributed by atoms with van der Waals surface area (Å²) in [5.41, 5.74) is 1.37. The van der Waals surface area contributed by atoms with Crippen molar-refractivity contribution < 1.29 is 27.1 Å². The summed E-state index contributed by atoms with van der Waals surface area (Å²) in [5.74, 6) is -1.75. The number of halogens is 4. The van der Waals surface area contributed by atoms with Gasteiger partial charge in [-0.2, -0.15) is 23.5 Å². The largest absolute Gasteiger partial charge is 0.481 e. The van der Waals surface area contributed by atoms with Crippen molar-refractivity contribution >= 4 is 11.7 Å². The number of nitriles is 1. The molecular formula is C20H15F4N5O2. The van der Waals surface area contributed by atoms with Crippen molar-refractivity contribution in [1.29, 1.82) is 5.26 Å². The minimum Gasteiger partial charge on any atom is -0.481 e. The predicted molar refractivity (Wildman–Crippen MR) is 101 cm³/mol. The van der Waals surface area contributed by atoms with Crippen LogP contribution in [0.3, 0.4) is 0 Å². The van der Waals surface area contributed by atoms with Crippen LogP contribution in [-0.4, -0.2) is 33.5 Å². The zero-order valence-corrected chi connectivity index (χ0v) is 15.9. The summed E-state index contributed by atoms with van der Waals surface area (Å²) < 4.78 is 56.3. The van der Waals surface area contributed by atoms with Gasteiger partial charge in [0.2, 0.25) is 5.91 Å². The fourth-order valence-electron chi connectivity index (χ4n) is 2.57. The molecule has 0 atom stereocenters. The summed E-state index contributed by atoms with van der Waals surface area (Å²) in [7, 11) is 0. The van der Waals surface area contributed by atoms with Gasteiger partial charge in [0.05, 0.1) is 24.2 Å². The first-order valence-electron chi connectivity index (χ1n) is 8.88. The predicted octanol–water partition coefficient (Wildman–Crippen LogP) is 3.46. The molecule has 0 aliphatic carbocycles. The minimum atomic E-state index is -4.58. The van der Waals surface area contributed by atoms with Gasteiger partial charge < -0.3 is 10.1 Å². The first kappa shape index (κ1) is 21.8. The SMILES string of the molecule is N#Cc1ccc(Cn2ccc(NC(=O)Cc3ccc(OCC(F)(F)F)c(F)c3)n2)nc1. The van der Waals surface area contributed by atoms with E-state index in [4.69, 9.17) is 5.26 Å². The second-order valence-electron chi connectivity index (χ2n) is 6.44. The van der Waals surface area contributed by atoms with Crippen molar-refractivity contribution in [3.05, 3.63) is 71.4 Å². The van der Waals surface area contributed by atoms with Crippen LogP contribution >= 0.6 is 0 Å². The monoisotopic (exact) mass is 433 g/mol. The molecule has 0 spiro atoms. The first-order chi connectivity index (χ1) is 14.7. The molecule has 11 heteroatoms. The van der Waals surface area contributed by atoms with Gasteiger partial charge in [0.1, 0.15) is 6.07 Å². The molecule has 0 saturated carbocycles. The average molecular weight is 433 g/mol. The Labute approximate surface area is 173 Å². The number of pyridine rings is 1. The molecule has 0 aliphatic rings. The molecule has 0 saturated heterocycles. The number of hydrogen-bond donors (Lipinski definition) is 1. The zero-order valence-electron chi connectivity index (χ0n) is 15.9. The number of ether oxygens (including phenoxy) is 1. The van der Waals surface area contributed by atoms with Crippen LogP contribution < -0.4 is 10.1 Å². The van der Waals surface area contributed by atoms with Gasteiger partial charge in [-0.15, -0.1) is 0 Å². The Balaban J connectivity index is 1.55. The van der Waals surface area contributed by atoms with Gasteiger partial charge in [-0.25, -0.2) is 4.39 Å². The number of amides is 1. The molecule has 31 heavy (non-hydrogen) atoms. The molecule has 0 bridgehead atoms. The summed E-state index contributed by atoms with van der Waals surface area (Å²) in [4.78, 5) is 16.3. The van der Waals surface area contributed by atoms with Crippen LogP contribution in [0.15, 0.2) is 48.8 Å². The molecule has 1 N–H and O–H groups in total. The highest BCUT2D eigenvalue weighted by Gasteiger charge is 2.29. The third kappa shape index (κ3) is 6.53. The van der Waals surface area contributed by atoms with Crippen molar-refractivity contribution in [2.75, 3.05) is 11.9 Å².